The fourth-order valence-corrected chi connectivity index (χ4v) is 6.64. The van der Waals surface area contributed by atoms with Crippen molar-refractivity contribution in [1.29, 1.82) is 0 Å². The Kier molecular flexibility index (Phi) is 5.44. The predicted octanol–water partition coefficient (Wildman–Crippen LogP) is 9.52. The first-order valence-electron chi connectivity index (χ1n) is 15.5. The molecule has 4 heterocycles. The molecular weight excluding hydrogens is 580 g/mol. The lowest BCUT2D eigenvalue weighted by molar-refractivity contribution is 0.670. The van der Waals surface area contributed by atoms with E-state index < -0.39 is 0 Å². The van der Waals surface area contributed by atoms with Crippen LogP contribution in [0.5, 0.6) is 0 Å². The fourth-order valence-electron chi connectivity index (χ4n) is 6.64. The second kappa shape index (κ2) is 9.95. The van der Waals surface area contributed by atoms with Crippen LogP contribution in [0.1, 0.15) is 0 Å². The summed E-state index contributed by atoms with van der Waals surface area (Å²) in [6.45, 7) is 0. The summed E-state index contributed by atoms with van der Waals surface area (Å²) in [4.78, 5) is 20.2. The third kappa shape index (κ3) is 3.93. The molecule has 0 aliphatic carbocycles. The zero-order valence-corrected chi connectivity index (χ0v) is 24.9. The molecule has 0 N–H and O–H groups in total. The van der Waals surface area contributed by atoms with E-state index in [9.17, 15) is 0 Å². The summed E-state index contributed by atoms with van der Waals surface area (Å²) in [5, 5.41) is 2.21. The minimum Gasteiger partial charge on any atom is -0.455 e. The molecule has 6 aromatic carbocycles. The molecule has 0 radical (unpaired) electrons. The van der Waals surface area contributed by atoms with E-state index in [2.05, 4.69) is 52.9 Å². The summed E-state index contributed by atoms with van der Waals surface area (Å²) < 4.78 is 10.7. The van der Waals surface area contributed by atoms with Gasteiger partial charge in [0.2, 0.25) is 11.7 Å². The fraction of sp³-hybridized carbons (Fsp3) is 0. The van der Waals surface area contributed by atoms with Gasteiger partial charge in [-0.25, -0.2) is 14.5 Å². The van der Waals surface area contributed by atoms with Crippen molar-refractivity contribution in [3.8, 4) is 39.9 Å². The molecule has 0 spiro atoms. The average Bonchev–Trinajstić information content (AvgIpc) is 3.80. The molecule has 220 valence electrons. The number of rotatable bonds is 4. The highest BCUT2D eigenvalue weighted by Crippen LogP contribution is 2.38. The van der Waals surface area contributed by atoms with Gasteiger partial charge in [0.15, 0.2) is 11.6 Å². The molecule has 7 heteroatoms. The number of nitrogens with zero attached hydrogens (tertiary/aromatic N) is 6. The lowest BCUT2D eigenvalue weighted by Crippen LogP contribution is -2.07. The third-order valence-electron chi connectivity index (χ3n) is 8.80. The van der Waals surface area contributed by atoms with Gasteiger partial charge >= 0.3 is 0 Å². The van der Waals surface area contributed by atoms with Gasteiger partial charge in [-0.1, -0.05) is 115 Å². The molecule has 0 aliphatic rings. The maximum absolute atomic E-state index is 6.43. The number of hydrogen-bond acceptors (Lipinski definition) is 5. The van der Waals surface area contributed by atoms with Crippen molar-refractivity contribution in [2.45, 2.75) is 0 Å². The van der Waals surface area contributed by atoms with Crippen LogP contribution in [0.25, 0.3) is 89.6 Å². The highest BCUT2D eigenvalue weighted by molar-refractivity contribution is 6.10. The van der Waals surface area contributed by atoms with E-state index in [0.29, 0.717) is 17.6 Å². The zero-order chi connectivity index (χ0) is 30.9. The predicted molar refractivity (Wildman–Crippen MR) is 187 cm³/mol. The monoisotopic (exact) mass is 604 g/mol. The number of para-hydroxylation sites is 4. The minimum atomic E-state index is 0.500. The van der Waals surface area contributed by atoms with Gasteiger partial charge in [-0.3, -0.25) is 4.40 Å². The van der Waals surface area contributed by atoms with Crippen LogP contribution in [0.15, 0.2) is 150 Å². The molecule has 0 amide bonds. The van der Waals surface area contributed by atoms with Crippen molar-refractivity contribution in [1.82, 2.24) is 28.9 Å². The van der Waals surface area contributed by atoms with E-state index in [-0.39, 0.29) is 0 Å². The van der Waals surface area contributed by atoms with Crippen molar-refractivity contribution in [2.24, 2.45) is 0 Å². The van der Waals surface area contributed by atoms with Gasteiger partial charge in [0.1, 0.15) is 11.2 Å². The quantitative estimate of drug-likeness (QED) is 0.200. The lowest BCUT2D eigenvalue weighted by atomic mass is 10.0. The second-order valence-corrected chi connectivity index (χ2v) is 11.6. The molecule has 7 nitrogen and oxygen atoms in total. The highest BCUT2D eigenvalue weighted by atomic mass is 16.3. The minimum absolute atomic E-state index is 0.500. The van der Waals surface area contributed by atoms with Gasteiger partial charge in [0.05, 0.1) is 22.1 Å². The Hall–Kier alpha value is -6.60. The van der Waals surface area contributed by atoms with E-state index in [1.807, 2.05) is 102 Å². The van der Waals surface area contributed by atoms with Crippen LogP contribution < -0.4 is 0 Å². The van der Waals surface area contributed by atoms with Crippen LogP contribution in [-0.2, 0) is 0 Å². The largest absolute Gasteiger partial charge is 0.455 e. The summed E-state index contributed by atoms with van der Waals surface area (Å²) >= 11 is 0. The standard InChI is InChI=1S/C40H24N6O/c1-3-12-25(13-4-1)37-42-38(26-14-5-2-6-15-26)44-39(43-37)46-33-23-22-27(24-34(33)45-32-20-9-8-19-31(32)41-40(45)46)28-17-11-18-30-29-16-7-10-21-35(29)47-36(28)30/h1-24H. The van der Waals surface area contributed by atoms with Crippen molar-refractivity contribution < 1.29 is 4.42 Å². The number of furan rings is 1. The van der Waals surface area contributed by atoms with Gasteiger partial charge in [-0.05, 0) is 35.9 Å². The topological polar surface area (TPSA) is 74.0 Å². The molecule has 0 saturated heterocycles. The lowest BCUT2D eigenvalue weighted by Gasteiger charge is -2.10. The Morgan fingerprint density at radius 1 is 0.468 bits per heavy atom. The third-order valence-corrected chi connectivity index (χ3v) is 8.80. The number of imidazole rings is 2. The first-order valence-corrected chi connectivity index (χ1v) is 15.5. The summed E-state index contributed by atoms with van der Waals surface area (Å²) in [6, 6.07) is 49.2. The van der Waals surface area contributed by atoms with Crippen LogP contribution in [0.3, 0.4) is 0 Å². The summed E-state index contributed by atoms with van der Waals surface area (Å²) in [7, 11) is 0. The van der Waals surface area contributed by atoms with E-state index >= 15 is 0 Å². The molecule has 4 aromatic heterocycles. The van der Waals surface area contributed by atoms with Gasteiger partial charge in [-0.2, -0.15) is 9.97 Å². The summed E-state index contributed by atoms with van der Waals surface area (Å²) in [6.07, 6.45) is 0. The van der Waals surface area contributed by atoms with E-state index in [1.165, 1.54) is 0 Å². The smallest absolute Gasteiger partial charge is 0.241 e. The zero-order valence-electron chi connectivity index (χ0n) is 24.9. The molecule has 47 heavy (non-hydrogen) atoms. The number of hydrogen-bond donors (Lipinski definition) is 0. The van der Waals surface area contributed by atoms with Gasteiger partial charge in [0.25, 0.3) is 0 Å². The molecule has 0 atom stereocenters. The molecule has 0 saturated carbocycles. The van der Waals surface area contributed by atoms with E-state index in [4.69, 9.17) is 24.4 Å². The molecule has 0 fully saturated rings. The maximum Gasteiger partial charge on any atom is 0.241 e. The molecular formula is C40H24N6O. The van der Waals surface area contributed by atoms with E-state index in [1.54, 1.807) is 0 Å². The van der Waals surface area contributed by atoms with Crippen LogP contribution in [0, 0.1) is 0 Å². The Labute approximate surface area is 268 Å². The molecule has 10 rings (SSSR count). The van der Waals surface area contributed by atoms with E-state index in [0.717, 1.165) is 72.0 Å². The molecule has 0 bridgehead atoms. The average molecular weight is 605 g/mol. The second-order valence-electron chi connectivity index (χ2n) is 11.6. The SMILES string of the molecule is c1ccc(-c2nc(-c3ccccc3)nc(-n3c4ccc(-c5cccc6c5oc5ccccc56)cc4n4c5ccccc5nc34)n2)cc1. The number of fused-ring (bicyclic) bond motifs is 8. The first-order chi connectivity index (χ1) is 23.3. The van der Waals surface area contributed by atoms with Gasteiger partial charge in [-0.15, -0.1) is 0 Å². The van der Waals surface area contributed by atoms with Crippen LogP contribution >= 0.6 is 0 Å². The van der Waals surface area contributed by atoms with Gasteiger partial charge < -0.3 is 4.42 Å². The molecule has 0 unspecified atom stereocenters. The van der Waals surface area contributed by atoms with Crippen LogP contribution in [0.4, 0.5) is 0 Å². The Morgan fingerprint density at radius 3 is 1.94 bits per heavy atom. The number of benzene rings is 6. The Balaban J connectivity index is 1.27. The Morgan fingerprint density at radius 2 is 1.15 bits per heavy atom. The molecule has 10 aromatic rings. The normalized spacial score (nSPS) is 11.8. The van der Waals surface area contributed by atoms with Crippen LogP contribution in [-0.4, -0.2) is 28.9 Å². The van der Waals surface area contributed by atoms with Gasteiger partial charge in [0, 0.05) is 27.5 Å². The van der Waals surface area contributed by atoms with Crippen LogP contribution in [0.2, 0.25) is 0 Å². The highest BCUT2D eigenvalue weighted by Gasteiger charge is 2.22. The van der Waals surface area contributed by atoms with Crippen molar-refractivity contribution in [3.63, 3.8) is 0 Å². The summed E-state index contributed by atoms with van der Waals surface area (Å²) in [5.41, 5.74) is 9.47. The molecule has 0 aliphatic heterocycles. The van der Waals surface area contributed by atoms with Crippen molar-refractivity contribution in [3.05, 3.63) is 146 Å². The van der Waals surface area contributed by atoms with Crippen molar-refractivity contribution >= 4 is 49.8 Å². The summed E-state index contributed by atoms with van der Waals surface area (Å²) in [5.74, 6) is 2.42. The Bertz CT molecular complexity index is 2740. The van der Waals surface area contributed by atoms with Crippen molar-refractivity contribution in [2.75, 3.05) is 0 Å². The first kappa shape index (κ1) is 25.7. The number of aromatic nitrogens is 6. The maximum atomic E-state index is 6.43.